The third-order valence-electron chi connectivity index (χ3n) is 7.46. The highest BCUT2D eigenvalue weighted by molar-refractivity contribution is 6.70. The number of nitrogens with zero attached hydrogens (tertiary/aromatic N) is 2. The van der Waals surface area contributed by atoms with Crippen molar-refractivity contribution >= 4 is 28.1 Å². The fourth-order valence-corrected chi connectivity index (χ4v) is 7.01. The third kappa shape index (κ3) is 13.1. The molecule has 2 aliphatic rings. The molecule has 4 nitrogen and oxygen atoms in total. The average molecular weight is 617 g/mol. The van der Waals surface area contributed by atoms with Crippen molar-refractivity contribution in [3.05, 3.63) is 0 Å². The summed E-state index contributed by atoms with van der Waals surface area (Å²) in [5.41, 5.74) is 0.861. The van der Waals surface area contributed by atoms with Gasteiger partial charge < -0.3 is 8.85 Å². The summed E-state index contributed by atoms with van der Waals surface area (Å²) in [7, 11) is -3.60. The largest absolute Gasteiger partial charge is 0.418 e. The highest BCUT2D eigenvalue weighted by Crippen LogP contribution is 2.41. The topological polar surface area (TPSA) is 43.2 Å². The zero-order valence-corrected chi connectivity index (χ0v) is 27.2. The average Bonchev–Trinajstić information content (AvgIpc) is 2.81. The molecule has 0 amide bonds. The van der Waals surface area contributed by atoms with Gasteiger partial charge >= 0.3 is 12.4 Å². The molecule has 0 aromatic carbocycles. The molecule has 0 radical (unpaired) electrons. The molecule has 4 unspecified atom stereocenters. The number of aliphatic imine (C=N–C) groups is 2. The van der Waals surface area contributed by atoms with Gasteiger partial charge in [-0.25, -0.2) is 0 Å². The van der Waals surface area contributed by atoms with E-state index in [4.69, 9.17) is 18.8 Å². The van der Waals surface area contributed by atoms with E-state index in [-0.39, 0.29) is 12.8 Å². The molecule has 2 saturated carbocycles. The van der Waals surface area contributed by atoms with E-state index in [2.05, 4.69) is 39.3 Å². The smallest absolute Gasteiger partial charge is 0.393 e. The van der Waals surface area contributed by atoms with Crippen LogP contribution in [0.4, 0.5) is 26.3 Å². The molecular weight excluding hydrogens is 566 g/mol. The molecule has 0 spiro atoms. The van der Waals surface area contributed by atoms with Crippen molar-refractivity contribution in [3.63, 3.8) is 0 Å². The summed E-state index contributed by atoms with van der Waals surface area (Å²) in [6.45, 7) is 13.2. The zero-order chi connectivity index (χ0) is 30.2. The van der Waals surface area contributed by atoms with Gasteiger partial charge in [-0.3, -0.25) is 9.98 Å². The molecule has 12 heteroatoms. The maximum atomic E-state index is 13.9. The van der Waals surface area contributed by atoms with Gasteiger partial charge in [0.2, 0.25) is 0 Å². The number of alkyl halides is 6. The van der Waals surface area contributed by atoms with E-state index in [1.807, 2.05) is 0 Å². The Balaban J connectivity index is 2.45. The van der Waals surface area contributed by atoms with Crippen molar-refractivity contribution in [3.8, 4) is 0 Å². The Bertz CT molecular complexity index is 767. The number of hydrogen-bond donors (Lipinski definition) is 0. The Morgan fingerprint density at radius 1 is 0.600 bits per heavy atom. The van der Waals surface area contributed by atoms with Crippen molar-refractivity contribution in [1.82, 2.24) is 0 Å². The highest BCUT2D eigenvalue weighted by Gasteiger charge is 2.47. The molecular formula is C28H50F6N2O2Si2. The molecule has 0 aliphatic heterocycles. The lowest BCUT2D eigenvalue weighted by Crippen LogP contribution is -2.38. The van der Waals surface area contributed by atoms with Gasteiger partial charge in [-0.15, -0.1) is 0 Å². The van der Waals surface area contributed by atoms with E-state index in [0.717, 1.165) is 0 Å². The minimum atomic E-state index is -4.37. The lowest BCUT2D eigenvalue weighted by Gasteiger charge is -2.32. The number of rotatable bonds is 13. The first kappa shape index (κ1) is 35.5. The SMILES string of the molecule is C[Si](C)(C)OCCCC(=NC1CCCCC1C(F)(F)F)C(CCCO[Si](C)(C)C)=NC1CCCCC1C(F)(F)F. The Morgan fingerprint density at radius 3 is 1.23 bits per heavy atom. The Hall–Kier alpha value is -0.726. The van der Waals surface area contributed by atoms with Crippen LogP contribution in [0.25, 0.3) is 0 Å². The van der Waals surface area contributed by atoms with Gasteiger partial charge in [0.25, 0.3) is 0 Å². The summed E-state index contributed by atoms with van der Waals surface area (Å²) in [4.78, 5) is 9.41. The molecule has 0 saturated heterocycles. The van der Waals surface area contributed by atoms with Crippen molar-refractivity contribution in [2.24, 2.45) is 21.8 Å². The minimum Gasteiger partial charge on any atom is -0.418 e. The summed E-state index contributed by atoms with van der Waals surface area (Å²) in [5.74, 6) is -3.08. The van der Waals surface area contributed by atoms with Gasteiger partial charge in [-0.2, -0.15) is 26.3 Å². The fraction of sp³-hybridized carbons (Fsp3) is 0.929. The summed E-state index contributed by atoms with van der Waals surface area (Å²) >= 11 is 0. The maximum Gasteiger partial charge on any atom is 0.393 e. The second kappa shape index (κ2) is 15.1. The van der Waals surface area contributed by atoms with Crippen LogP contribution < -0.4 is 0 Å². The standard InChI is InChI=1S/C28H50F6N2O2Si2/c1-39(2,3)37-19-11-17-25(35-23-15-9-7-13-21(23)27(29,30)31)26(18-12-20-38-40(4,5)6)36-24-16-10-8-14-22(24)28(32,33)34/h21-24H,7-20H2,1-6H3. The fourth-order valence-electron chi connectivity index (χ4n) is 5.50. The molecule has 2 aliphatic carbocycles. The number of halogens is 6. The van der Waals surface area contributed by atoms with Crippen LogP contribution in [0.3, 0.4) is 0 Å². The van der Waals surface area contributed by atoms with E-state index in [0.29, 0.717) is 88.8 Å². The molecule has 0 N–H and O–H groups in total. The summed E-state index contributed by atoms with van der Waals surface area (Å²) < 4.78 is 95.6. The van der Waals surface area contributed by atoms with Gasteiger partial charge in [-0.1, -0.05) is 25.7 Å². The third-order valence-corrected chi connectivity index (χ3v) is 9.60. The molecule has 0 aromatic heterocycles. The zero-order valence-electron chi connectivity index (χ0n) is 25.2. The molecule has 4 atom stereocenters. The molecule has 2 fully saturated rings. The molecule has 0 aromatic rings. The van der Waals surface area contributed by atoms with Crippen molar-refractivity contribution in [2.45, 2.75) is 141 Å². The Morgan fingerprint density at radius 2 is 0.925 bits per heavy atom. The summed E-state index contributed by atoms with van der Waals surface area (Å²) in [6.07, 6.45) is -4.00. The van der Waals surface area contributed by atoms with E-state index in [1.165, 1.54) is 0 Å². The van der Waals surface area contributed by atoms with Gasteiger partial charge in [0.1, 0.15) is 0 Å². The molecule has 40 heavy (non-hydrogen) atoms. The van der Waals surface area contributed by atoms with Crippen LogP contribution in [-0.2, 0) is 8.85 Å². The second-order valence-corrected chi connectivity index (χ2v) is 22.3. The molecule has 0 heterocycles. The lowest BCUT2D eigenvalue weighted by molar-refractivity contribution is -0.186. The van der Waals surface area contributed by atoms with Crippen molar-refractivity contribution < 1.29 is 35.2 Å². The van der Waals surface area contributed by atoms with E-state index in [9.17, 15) is 26.3 Å². The van der Waals surface area contributed by atoms with Crippen LogP contribution in [0.1, 0.15) is 77.0 Å². The number of hydrogen-bond acceptors (Lipinski definition) is 4. The molecule has 2 rings (SSSR count). The van der Waals surface area contributed by atoms with E-state index in [1.54, 1.807) is 0 Å². The van der Waals surface area contributed by atoms with Gasteiger partial charge in [0.15, 0.2) is 16.6 Å². The summed E-state index contributed by atoms with van der Waals surface area (Å²) in [5, 5.41) is 0. The first-order valence-electron chi connectivity index (χ1n) is 14.9. The van der Waals surface area contributed by atoms with Crippen LogP contribution in [0.5, 0.6) is 0 Å². The minimum absolute atomic E-state index is 0.0268. The van der Waals surface area contributed by atoms with Crippen molar-refractivity contribution in [1.29, 1.82) is 0 Å². The second-order valence-electron chi connectivity index (χ2n) is 13.3. The van der Waals surface area contributed by atoms with Crippen LogP contribution in [0.2, 0.25) is 39.3 Å². The normalized spacial score (nSPS) is 26.3. The Labute approximate surface area is 239 Å². The first-order valence-corrected chi connectivity index (χ1v) is 21.7. The van der Waals surface area contributed by atoms with Crippen LogP contribution in [0, 0.1) is 11.8 Å². The predicted octanol–water partition coefficient (Wildman–Crippen LogP) is 9.37. The highest BCUT2D eigenvalue weighted by atomic mass is 28.4. The van der Waals surface area contributed by atoms with E-state index >= 15 is 0 Å². The van der Waals surface area contributed by atoms with Crippen LogP contribution in [0.15, 0.2) is 9.98 Å². The molecule has 0 bridgehead atoms. The first-order chi connectivity index (χ1) is 18.4. The predicted molar refractivity (Wildman–Crippen MR) is 156 cm³/mol. The van der Waals surface area contributed by atoms with E-state index < -0.39 is 52.9 Å². The molecule has 234 valence electrons. The summed E-state index contributed by atoms with van der Waals surface area (Å²) in [6, 6.07) is -1.87. The lowest BCUT2D eigenvalue weighted by atomic mass is 9.83. The van der Waals surface area contributed by atoms with Crippen LogP contribution >= 0.6 is 0 Å². The quantitative estimate of drug-likeness (QED) is 0.0896. The maximum absolute atomic E-state index is 13.9. The van der Waals surface area contributed by atoms with Crippen molar-refractivity contribution in [2.75, 3.05) is 13.2 Å². The van der Waals surface area contributed by atoms with Gasteiger partial charge in [0, 0.05) is 13.2 Å². The van der Waals surface area contributed by atoms with Gasteiger partial charge in [-0.05, 0) is 90.6 Å². The van der Waals surface area contributed by atoms with Crippen LogP contribution in [-0.4, -0.2) is 65.7 Å². The monoisotopic (exact) mass is 616 g/mol. The Kier molecular flexibility index (Phi) is 13.4. The van der Waals surface area contributed by atoms with Gasteiger partial charge in [0.05, 0.1) is 35.3 Å².